The number of aliphatic hydroxyl groups excluding tert-OH is 2. The largest absolute Gasteiger partial charge is 0.507 e. The third-order valence-corrected chi connectivity index (χ3v) is 11.6. The first kappa shape index (κ1) is 40.3. The van der Waals surface area contributed by atoms with Crippen LogP contribution in [-0.4, -0.2) is 136 Å². The van der Waals surface area contributed by atoms with Gasteiger partial charge in [-0.3, -0.25) is 24.0 Å². The maximum absolute atomic E-state index is 14.7. The number of carbonyl (C=O) groups is 6. The second kappa shape index (κ2) is 14.2. The third kappa shape index (κ3) is 5.61. The van der Waals surface area contributed by atoms with Crippen molar-refractivity contribution in [3.05, 3.63) is 68.4 Å². The van der Waals surface area contributed by atoms with Gasteiger partial charge in [-0.05, 0) is 38.0 Å². The lowest BCUT2D eigenvalue weighted by Crippen LogP contribution is -2.73. The predicted octanol–water partition coefficient (Wildman–Crippen LogP) is 0.214. The van der Waals surface area contributed by atoms with E-state index >= 15 is 0 Å². The molecule has 18 heteroatoms. The quantitative estimate of drug-likeness (QED) is 0.205. The molecule has 2 fully saturated rings. The zero-order valence-electron chi connectivity index (χ0n) is 31.6. The molecule has 7 rings (SSSR count). The molecule has 304 valence electrons. The standard InChI is InChI=1S/C39H41NO17/c1-13-9-16-10-22(43)39(54-6)35(49)26-18(34(48)38(39,51)27(16)30(46)24(13)37(50)53-5)11-17-25(29(26)45)21(42)12-19(28(17)44)40-36-33(52-4)31(47)32(15(3)56-36)57-23-8-7-20(41)14(2)55-23/h9,11-12,14-15,22-23,31-33,36,40,43,45-47,51H,7-8,10H2,1-6H3/t14-,15-,22+,23+,31+,32-,33+,36-,38-,39-/m0/s1. The third-order valence-electron chi connectivity index (χ3n) is 11.6. The number of nitrogens with one attached hydrogen (secondary N) is 1. The van der Waals surface area contributed by atoms with E-state index in [0.717, 1.165) is 26.4 Å². The van der Waals surface area contributed by atoms with Crippen LogP contribution in [0.5, 0.6) is 11.5 Å². The Balaban J connectivity index is 1.26. The second-order valence-electron chi connectivity index (χ2n) is 14.7. The molecule has 3 aliphatic carbocycles. The Hall–Kier alpha value is -4.92. The highest BCUT2D eigenvalue weighted by Crippen LogP contribution is 2.56. The van der Waals surface area contributed by atoms with E-state index in [2.05, 4.69) is 5.32 Å². The molecule has 2 aromatic rings. The van der Waals surface area contributed by atoms with Crippen LogP contribution >= 0.6 is 0 Å². The van der Waals surface area contributed by atoms with E-state index in [1.807, 2.05) is 0 Å². The van der Waals surface area contributed by atoms with Gasteiger partial charge in [0.05, 0.1) is 36.1 Å². The number of rotatable bonds is 7. The minimum atomic E-state index is -3.26. The number of ether oxygens (including phenoxy) is 6. The average Bonchev–Trinajstić information content (AvgIpc) is 3.15. The van der Waals surface area contributed by atoms with Gasteiger partial charge in [-0.15, -0.1) is 0 Å². The number of esters is 1. The number of aryl methyl sites for hydroxylation is 1. The van der Waals surface area contributed by atoms with Crippen molar-refractivity contribution in [2.45, 2.75) is 100 Å². The summed E-state index contributed by atoms with van der Waals surface area (Å²) in [6.07, 6.45) is -8.46. The number of phenols is 2. The van der Waals surface area contributed by atoms with Gasteiger partial charge < -0.3 is 59.3 Å². The molecular weight excluding hydrogens is 754 g/mol. The lowest BCUT2D eigenvalue weighted by Gasteiger charge is -2.52. The average molecular weight is 796 g/mol. The number of hydrogen-bond acceptors (Lipinski definition) is 18. The number of aliphatic hydroxyl groups is 3. The molecule has 6 N–H and O–H groups in total. The van der Waals surface area contributed by atoms with E-state index in [-0.39, 0.29) is 29.8 Å². The fraction of sp³-hybridized carbons (Fsp3) is 0.487. The summed E-state index contributed by atoms with van der Waals surface area (Å²) >= 11 is 0. The van der Waals surface area contributed by atoms with Crippen LogP contribution < -0.4 is 5.32 Å². The summed E-state index contributed by atoms with van der Waals surface area (Å²) in [4.78, 5) is 81.7. The lowest BCUT2D eigenvalue weighted by molar-refractivity contribution is -0.288. The number of allylic oxidation sites excluding steroid dienone is 2. The fourth-order valence-electron chi connectivity index (χ4n) is 8.82. The van der Waals surface area contributed by atoms with E-state index in [1.54, 1.807) is 13.8 Å². The lowest BCUT2D eigenvalue weighted by atomic mass is 9.56. The summed E-state index contributed by atoms with van der Waals surface area (Å²) in [5.41, 5.74) is -10.4. The predicted molar refractivity (Wildman–Crippen MR) is 189 cm³/mol. The number of phenolic OH excluding ortho intramolecular Hbond substituents is 2. The zero-order valence-corrected chi connectivity index (χ0v) is 31.6. The Morgan fingerprint density at radius 2 is 1.63 bits per heavy atom. The number of ketones is 5. The molecule has 2 heterocycles. The molecule has 5 aliphatic rings. The minimum absolute atomic E-state index is 0.0204. The molecule has 2 aromatic carbocycles. The molecule has 0 bridgehead atoms. The zero-order chi connectivity index (χ0) is 41.6. The highest BCUT2D eigenvalue weighted by molar-refractivity contribution is 6.31. The van der Waals surface area contributed by atoms with Crippen LogP contribution in [0.3, 0.4) is 0 Å². The van der Waals surface area contributed by atoms with Gasteiger partial charge in [0.2, 0.25) is 17.3 Å². The van der Waals surface area contributed by atoms with Crippen molar-refractivity contribution in [2.24, 2.45) is 0 Å². The number of methoxy groups -OCH3 is 3. The van der Waals surface area contributed by atoms with E-state index < -0.39 is 146 Å². The summed E-state index contributed by atoms with van der Waals surface area (Å²) in [7, 11) is 3.21. The number of carbonyl (C=O) groups excluding carboxylic acids is 6. The topological polar surface area (TPSA) is 271 Å². The van der Waals surface area contributed by atoms with Gasteiger partial charge in [-0.25, -0.2) is 4.79 Å². The van der Waals surface area contributed by atoms with Gasteiger partial charge in [-0.2, -0.15) is 0 Å². The van der Waals surface area contributed by atoms with Crippen LogP contribution in [0, 0.1) is 6.92 Å². The van der Waals surface area contributed by atoms with Gasteiger partial charge in [0, 0.05) is 56.2 Å². The second-order valence-corrected chi connectivity index (χ2v) is 14.7. The molecule has 0 unspecified atom stereocenters. The Morgan fingerprint density at radius 1 is 0.930 bits per heavy atom. The van der Waals surface area contributed by atoms with Gasteiger partial charge in [0.1, 0.15) is 41.5 Å². The molecule has 57 heavy (non-hydrogen) atoms. The number of fused-ring (bicyclic) bond motifs is 5. The smallest absolute Gasteiger partial charge is 0.341 e. The van der Waals surface area contributed by atoms with E-state index in [4.69, 9.17) is 28.4 Å². The van der Waals surface area contributed by atoms with Crippen molar-refractivity contribution in [1.29, 1.82) is 0 Å². The minimum Gasteiger partial charge on any atom is -0.507 e. The highest BCUT2D eigenvalue weighted by Gasteiger charge is 2.72. The van der Waals surface area contributed by atoms with Crippen LogP contribution in [0.4, 0.5) is 0 Å². The number of benzene rings is 2. The van der Waals surface area contributed by atoms with Crippen LogP contribution in [0.1, 0.15) is 95.2 Å². The summed E-state index contributed by atoms with van der Waals surface area (Å²) in [5, 5.41) is 61.2. The van der Waals surface area contributed by atoms with Crippen molar-refractivity contribution in [3.8, 4) is 11.5 Å². The highest BCUT2D eigenvalue weighted by atomic mass is 16.7. The van der Waals surface area contributed by atoms with Crippen LogP contribution in [-0.2, 0) is 45.2 Å². The van der Waals surface area contributed by atoms with Gasteiger partial charge in [-0.1, -0.05) is 6.07 Å². The number of aromatic hydroxyl groups is 2. The summed E-state index contributed by atoms with van der Waals surface area (Å²) in [6, 6.07) is 2.15. The van der Waals surface area contributed by atoms with Crippen molar-refractivity contribution in [2.75, 3.05) is 21.3 Å². The fourth-order valence-corrected chi connectivity index (χ4v) is 8.82. The van der Waals surface area contributed by atoms with E-state index in [0.29, 0.717) is 0 Å². The van der Waals surface area contributed by atoms with Gasteiger partial charge >= 0.3 is 5.97 Å². The van der Waals surface area contributed by atoms with Crippen LogP contribution in [0.15, 0.2) is 23.9 Å². The van der Waals surface area contributed by atoms with Crippen LogP contribution in [0.2, 0.25) is 0 Å². The van der Waals surface area contributed by atoms with Crippen molar-refractivity contribution < 1.29 is 82.7 Å². The summed E-state index contributed by atoms with van der Waals surface area (Å²) in [5.74, 6) is -7.93. The maximum Gasteiger partial charge on any atom is 0.341 e. The molecule has 0 saturated carbocycles. The molecule has 0 spiro atoms. The first-order valence-electron chi connectivity index (χ1n) is 18.1. The monoisotopic (exact) mass is 795 g/mol. The molecule has 0 amide bonds. The molecule has 0 radical (unpaired) electrons. The van der Waals surface area contributed by atoms with Gasteiger partial charge in [0.25, 0.3) is 0 Å². The molecule has 18 nitrogen and oxygen atoms in total. The normalized spacial score (nSPS) is 33.5. The van der Waals surface area contributed by atoms with Crippen molar-refractivity contribution in [1.82, 2.24) is 5.32 Å². The van der Waals surface area contributed by atoms with E-state index in [9.17, 15) is 54.3 Å². The maximum atomic E-state index is 14.7. The Kier molecular flexibility index (Phi) is 10.0. The van der Waals surface area contributed by atoms with Crippen molar-refractivity contribution in [3.63, 3.8) is 0 Å². The van der Waals surface area contributed by atoms with Crippen molar-refractivity contribution >= 4 is 34.9 Å². The summed E-state index contributed by atoms with van der Waals surface area (Å²) < 4.78 is 33.4. The molecule has 2 saturated heterocycles. The Bertz CT molecular complexity index is 2180. The summed E-state index contributed by atoms with van der Waals surface area (Å²) in [6.45, 7) is 4.61. The number of Topliss-reactive ketones (excluding diaryl/α,β-unsaturated/α-hetero) is 4. The first-order chi connectivity index (χ1) is 26.9. The first-order valence-corrected chi connectivity index (χ1v) is 18.1. The Morgan fingerprint density at radius 3 is 2.26 bits per heavy atom. The number of hydrogen-bond donors (Lipinski definition) is 6. The van der Waals surface area contributed by atoms with Crippen LogP contribution in [0.25, 0.3) is 0 Å². The Labute approximate surface area is 324 Å². The van der Waals surface area contributed by atoms with Gasteiger partial charge in [0.15, 0.2) is 35.3 Å². The SMILES string of the molecule is COC(=O)c1c(C)cc2c(c1O)[C@]1(O)C(=O)c3cc4c(c(O)c3C(=O)[C@@]1(OC)[C@H](O)C2)C(=O)C=C(N[C@H]1O[C@@H](C)[C@H](O[C@@H]2CCC(=O)[C@H](C)O2)[C@@H](O)[C@H]1OC)C4=O. The molecule has 0 aromatic heterocycles. The van der Waals surface area contributed by atoms with E-state index in [1.165, 1.54) is 20.1 Å². The molecule has 2 aliphatic heterocycles. The molecular formula is C39H41NO17. The molecule has 10 atom stereocenters.